The maximum Gasteiger partial charge on any atom is 0.240 e. The van der Waals surface area contributed by atoms with Crippen molar-refractivity contribution in [3.63, 3.8) is 0 Å². The summed E-state index contributed by atoms with van der Waals surface area (Å²) in [6, 6.07) is 11.4. The van der Waals surface area contributed by atoms with Crippen LogP contribution in [-0.2, 0) is 10.0 Å². The Morgan fingerprint density at radius 2 is 1.96 bits per heavy atom. The highest BCUT2D eigenvalue weighted by molar-refractivity contribution is 7.99. The van der Waals surface area contributed by atoms with Gasteiger partial charge in [0.15, 0.2) is 0 Å². The average Bonchev–Trinajstić information content (AvgIpc) is 3.17. The van der Waals surface area contributed by atoms with Crippen molar-refractivity contribution in [3.05, 3.63) is 54.0 Å². The quantitative estimate of drug-likeness (QED) is 0.831. The summed E-state index contributed by atoms with van der Waals surface area (Å²) in [5.41, 5.74) is 0.429. The van der Waals surface area contributed by atoms with E-state index in [1.165, 1.54) is 24.3 Å². The molecule has 1 aliphatic rings. The summed E-state index contributed by atoms with van der Waals surface area (Å²) >= 11 is 1.90. The lowest BCUT2D eigenvalue weighted by atomic mass is 10.2. The summed E-state index contributed by atoms with van der Waals surface area (Å²) in [5.74, 6) is 2.81. The molecule has 132 valence electrons. The molecule has 1 saturated heterocycles. The third-order valence-corrected chi connectivity index (χ3v) is 6.50. The highest BCUT2D eigenvalue weighted by Gasteiger charge is 2.26. The molecule has 1 aromatic heterocycles. The first-order valence-corrected chi connectivity index (χ1v) is 10.6. The van der Waals surface area contributed by atoms with Crippen molar-refractivity contribution < 1.29 is 12.8 Å². The zero-order valence-corrected chi connectivity index (χ0v) is 15.2. The molecule has 1 fully saturated rings. The Hall–Kier alpha value is -1.79. The highest BCUT2D eigenvalue weighted by Crippen LogP contribution is 2.24. The molecule has 2 heterocycles. The first kappa shape index (κ1) is 18.0. The molecule has 25 heavy (non-hydrogen) atoms. The van der Waals surface area contributed by atoms with E-state index in [-0.39, 0.29) is 17.5 Å². The molecule has 1 atom stereocenters. The average molecular weight is 377 g/mol. The molecule has 2 aromatic rings. The van der Waals surface area contributed by atoms with Crippen LogP contribution in [0.1, 0.15) is 17.4 Å². The van der Waals surface area contributed by atoms with E-state index in [9.17, 15) is 8.42 Å². The number of rotatable bonds is 6. The fourth-order valence-electron chi connectivity index (χ4n) is 2.76. The van der Waals surface area contributed by atoms with E-state index in [1.807, 2.05) is 30.0 Å². The lowest BCUT2D eigenvalue weighted by Crippen LogP contribution is -2.41. The van der Waals surface area contributed by atoms with Crippen LogP contribution < -0.4 is 4.72 Å². The minimum Gasteiger partial charge on any atom is -0.468 e. The normalized spacial score (nSPS) is 17.1. The number of sulfonamides is 1. The standard InChI is InChI=1S/C17H19N3O3S2/c18-12-14-3-5-15(6-4-14)25(21,22)19-13-16(17-2-1-9-23-17)20-7-10-24-11-8-20/h1-6,9,16,19H,7-8,10-11,13H2. The second-order valence-corrected chi connectivity index (χ2v) is 8.66. The summed E-state index contributed by atoms with van der Waals surface area (Å²) < 4.78 is 33.3. The zero-order valence-electron chi connectivity index (χ0n) is 13.6. The molecule has 0 spiro atoms. The number of thioether (sulfide) groups is 1. The summed E-state index contributed by atoms with van der Waals surface area (Å²) in [6.07, 6.45) is 1.61. The van der Waals surface area contributed by atoms with Crippen molar-refractivity contribution in [1.29, 1.82) is 5.26 Å². The molecule has 0 radical (unpaired) electrons. The third-order valence-electron chi connectivity index (χ3n) is 4.12. The second kappa shape index (κ2) is 8.06. The molecule has 1 aromatic carbocycles. The van der Waals surface area contributed by atoms with Crippen LogP contribution in [-0.4, -0.2) is 44.5 Å². The Labute approximate surface area is 151 Å². The molecule has 0 amide bonds. The maximum absolute atomic E-state index is 12.5. The van der Waals surface area contributed by atoms with Crippen molar-refractivity contribution in [2.24, 2.45) is 0 Å². The predicted octanol–water partition coefficient (Wildman–Crippen LogP) is 2.22. The molecule has 1 aliphatic heterocycles. The van der Waals surface area contributed by atoms with Crippen LogP contribution in [0.3, 0.4) is 0 Å². The monoisotopic (exact) mass is 377 g/mol. The van der Waals surface area contributed by atoms with Crippen molar-refractivity contribution in [1.82, 2.24) is 9.62 Å². The van der Waals surface area contributed by atoms with Crippen LogP contribution in [0.2, 0.25) is 0 Å². The Bertz CT molecular complexity index is 821. The molecule has 6 nitrogen and oxygen atoms in total. The molecular formula is C17H19N3O3S2. The van der Waals surface area contributed by atoms with Crippen molar-refractivity contribution in [2.75, 3.05) is 31.1 Å². The zero-order chi connectivity index (χ0) is 17.7. The van der Waals surface area contributed by atoms with Gasteiger partial charge in [0.1, 0.15) is 5.76 Å². The van der Waals surface area contributed by atoms with E-state index >= 15 is 0 Å². The third kappa shape index (κ3) is 4.44. The molecule has 0 saturated carbocycles. The number of nitrogens with zero attached hydrogens (tertiary/aromatic N) is 2. The van der Waals surface area contributed by atoms with E-state index in [0.29, 0.717) is 5.56 Å². The molecule has 8 heteroatoms. The number of benzene rings is 1. The summed E-state index contributed by atoms with van der Waals surface area (Å²) in [6.45, 7) is 2.03. The Balaban J connectivity index is 1.74. The lowest BCUT2D eigenvalue weighted by molar-refractivity contribution is 0.193. The van der Waals surface area contributed by atoms with Gasteiger partial charge in [-0.05, 0) is 36.4 Å². The van der Waals surface area contributed by atoms with Gasteiger partial charge >= 0.3 is 0 Å². The molecule has 0 bridgehead atoms. The van der Waals surface area contributed by atoms with Crippen LogP contribution in [0.4, 0.5) is 0 Å². The fraction of sp³-hybridized carbons (Fsp3) is 0.353. The molecule has 0 aliphatic carbocycles. The van der Waals surface area contributed by atoms with Crippen LogP contribution in [0.15, 0.2) is 52.0 Å². The minimum absolute atomic E-state index is 0.135. The molecule has 1 N–H and O–H groups in total. The summed E-state index contributed by atoms with van der Waals surface area (Å²) in [7, 11) is -3.64. The minimum atomic E-state index is -3.64. The van der Waals surface area contributed by atoms with Crippen LogP contribution in [0, 0.1) is 11.3 Å². The number of nitrogens with one attached hydrogen (secondary N) is 1. The van der Waals surface area contributed by atoms with E-state index in [1.54, 1.807) is 6.26 Å². The van der Waals surface area contributed by atoms with Gasteiger partial charge in [-0.25, -0.2) is 13.1 Å². The Kier molecular flexibility index (Phi) is 5.81. The summed E-state index contributed by atoms with van der Waals surface area (Å²) in [5, 5.41) is 8.82. The molecule has 1 unspecified atom stereocenters. The van der Waals surface area contributed by atoms with Gasteiger partial charge in [-0.2, -0.15) is 17.0 Å². The molecule has 3 rings (SSSR count). The largest absolute Gasteiger partial charge is 0.468 e. The van der Waals surface area contributed by atoms with Gasteiger partial charge < -0.3 is 4.42 Å². The van der Waals surface area contributed by atoms with Crippen LogP contribution >= 0.6 is 11.8 Å². The van der Waals surface area contributed by atoms with Crippen molar-refractivity contribution in [3.8, 4) is 6.07 Å². The summed E-state index contributed by atoms with van der Waals surface area (Å²) in [4.78, 5) is 2.40. The Morgan fingerprint density at radius 3 is 2.56 bits per heavy atom. The second-order valence-electron chi connectivity index (χ2n) is 5.67. The van der Waals surface area contributed by atoms with Crippen LogP contribution in [0.5, 0.6) is 0 Å². The predicted molar refractivity (Wildman–Crippen MR) is 96.7 cm³/mol. The first-order valence-electron chi connectivity index (χ1n) is 7.95. The number of hydrogen-bond acceptors (Lipinski definition) is 6. The number of furan rings is 1. The Morgan fingerprint density at radius 1 is 1.24 bits per heavy atom. The fourth-order valence-corrected chi connectivity index (χ4v) is 4.73. The van der Waals surface area contributed by atoms with Gasteiger partial charge in [-0.15, -0.1) is 0 Å². The van der Waals surface area contributed by atoms with Crippen LogP contribution in [0.25, 0.3) is 0 Å². The number of nitriles is 1. The van der Waals surface area contributed by atoms with Crippen molar-refractivity contribution in [2.45, 2.75) is 10.9 Å². The van der Waals surface area contributed by atoms with Gasteiger partial charge in [0.2, 0.25) is 10.0 Å². The van der Waals surface area contributed by atoms with E-state index in [4.69, 9.17) is 9.68 Å². The first-order chi connectivity index (χ1) is 12.1. The number of hydrogen-bond donors (Lipinski definition) is 1. The van der Waals surface area contributed by atoms with Gasteiger partial charge in [0.25, 0.3) is 0 Å². The van der Waals surface area contributed by atoms with E-state index < -0.39 is 10.0 Å². The maximum atomic E-state index is 12.5. The van der Waals surface area contributed by atoms with Gasteiger partial charge in [0, 0.05) is 31.1 Å². The smallest absolute Gasteiger partial charge is 0.240 e. The van der Waals surface area contributed by atoms with E-state index in [2.05, 4.69) is 9.62 Å². The lowest BCUT2D eigenvalue weighted by Gasteiger charge is -2.33. The molecular weight excluding hydrogens is 358 g/mol. The van der Waals surface area contributed by atoms with Crippen molar-refractivity contribution >= 4 is 21.8 Å². The topological polar surface area (TPSA) is 86.3 Å². The van der Waals surface area contributed by atoms with Gasteiger partial charge in [-0.3, -0.25) is 4.90 Å². The van der Waals surface area contributed by atoms with E-state index in [0.717, 1.165) is 30.4 Å². The van der Waals surface area contributed by atoms with Gasteiger partial charge in [0.05, 0.1) is 28.8 Å². The van der Waals surface area contributed by atoms with Gasteiger partial charge in [-0.1, -0.05) is 0 Å². The highest BCUT2D eigenvalue weighted by atomic mass is 32.2. The SMILES string of the molecule is N#Cc1ccc(S(=O)(=O)NCC(c2ccco2)N2CCSCC2)cc1.